The van der Waals surface area contributed by atoms with Crippen molar-refractivity contribution < 1.29 is 14.4 Å². The first-order valence-electron chi connectivity index (χ1n) is 11.2. The van der Waals surface area contributed by atoms with Gasteiger partial charge in [-0.3, -0.25) is 19.2 Å². The van der Waals surface area contributed by atoms with Gasteiger partial charge in [0.15, 0.2) is 0 Å². The summed E-state index contributed by atoms with van der Waals surface area (Å²) < 4.78 is 1.76. The van der Waals surface area contributed by atoms with E-state index in [0.717, 1.165) is 23.3 Å². The number of aromatic nitrogens is 2. The van der Waals surface area contributed by atoms with Gasteiger partial charge in [-0.15, -0.1) is 0 Å². The zero-order valence-electron chi connectivity index (χ0n) is 18.9. The van der Waals surface area contributed by atoms with Crippen LogP contribution in [0.4, 0.5) is 10.5 Å². The first-order valence-corrected chi connectivity index (χ1v) is 11.2. The number of benzene rings is 1. The molecule has 0 radical (unpaired) electrons. The zero-order chi connectivity index (χ0) is 22.9. The van der Waals surface area contributed by atoms with E-state index in [0.29, 0.717) is 31.0 Å². The molecule has 1 aromatic carbocycles. The normalized spacial score (nSPS) is 23.5. The van der Waals surface area contributed by atoms with E-state index in [9.17, 15) is 14.4 Å². The third-order valence-corrected chi connectivity index (χ3v) is 6.79. The highest BCUT2D eigenvalue weighted by atomic mass is 16.2. The first-order chi connectivity index (χ1) is 15.2. The van der Waals surface area contributed by atoms with Crippen molar-refractivity contribution in [3.8, 4) is 0 Å². The van der Waals surface area contributed by atoms with E-state index < -0.39 is 17.5 Å². The summed E-state index contributed by atoms with van der Waals surface area (Å²) in [5.41, 5.74) is 0.840. The molecule has 4 amide bonds. The predicted octanol–water partition coefficient (Wildman–Crippen LogP) is 3.40. The Balaban J connectivity index is 1.40. The Labute approximate surface area is 188 Å². The summed E-state index contributed by atoms with van der Waals surface area (Å²) in [6.07, 6.45) is 6.55. The average Bonchev–Trinajstić information content (AvgIpc) is 3.32. The summed E-state index contributed by atoms with van der Waals surface area (Å²) in [6.45, 7) is 6.85. The summed E-state index contributed by atoms with van der Waals surface area (Å²) in [7, 11) is 0. The van der Waals surface area contributed by atoms with Gasteiger partial charge in [-0.05, 0) is 54.7 Å². The lowest BCUT2D eigenvalue weighted by molar-refractivity contribution is -0.135. The van der Waals surface area contributed by atoms with Crippen molar-refractivity contribution in [1.82, 2.24) is 20.0 Å². The van der Waals surface area contributed by atoms with E-state index in [-0.39, 0.29) is 17.9 Å². The molecule has 8 heteroatoms. The van der Waals surface area contributed by atoms with Gasteiger partial charge in [0.2, 0.25) is 5.91 Å². The lowest BCUT2D eigenvalue weighted by Crippen LogP contribution is -2.51. The minimum Gasteiger partial charge on any atom is -0.324 e. The topological polar surface area (TPSA) is 96.3 Å². The Morgan fingerprint density at radius 1 is 1.19 bits per heavy atom. The van der Waals surface area contributed by atoms with E-state index >= 15 is 0 Å². The Bertz CT molecular complexity index is 1000. The Kier molecular flexibility index (Phi) is 5.79. The van der Waals surface area contributed by atoms with Crippen LogP contribution in [0.15, 0.2) is 42.7 Å². The predicted molar refractivity (Wildman–Crippen MR) is 121 cm³/mol. The third kappa shape index (κ3) is 4.40. The van der Waals surface area contributed by atoms with Gasteiger partial charge >= 0.3 is 6.03 Å². The van der Waals surface area contributed by atoms with Crippen molar-refractivity contribution in [3.63, 3.8) is 0 Å². The van der Waals surface area contributed by atoms with Gasteiger partial charge in [-0.1, -0.05) is 39.0 Å². The summed E-state index contributed by atoms with van der Waals surface area (Å²) in [6, 6.07) is 8.79. The van der Waals surface area contributed by atoms with E-state index in [1.165, 1.54) is 0 Å². The largest absolute Gasteiger partial charge is 0.325 e. The molecule has 0 unspecified atom stereocenters. The van der Waals surface area contributed by atoms with Gasteiger partial charge in [0.1, 0.15) is 12.1 Å². The Morgan fingerprint density at radius 3 is 2.56 bits per heavy atom. The van der Waals surface area contributed by atoms with Gasteiger partial charge in [0.25, 0.3) is 5.91 Å². The molecule has 0 atom stereocenters. The second-order valence-electron chi connectivity index (χ2n) is 9.95. The van der Waals surface area contributed by atoms with Crippen LogP contribution in [0.25, 0.3) is 0 Å². The molecule has 1 saturated heterocycles. The molecule has 1 aliphatic heterocycles. The van der Waals surface area contributed by atoms with Crippen LogP contribution in [0.3, 0.4) is 0 Å². The van der Waals surface area contributed by atoms with Crippen LogP contribution >= 0.6 is 0 Å². The molecule has 32 heavy (non-hydrogen) atoms. The number of rotatable bonds is 5. The van der Waals surface area contributed by atoms with Crippen LogP contribution in [0.5, 0.6) is 0 Å². The van der Waals surface area contributed by atoms with Crippen molar-refractivity contribution in [2.45, 2.75) is 58.5 Å². The standard InChI is InChI=1S/C24H31N5O3/c1-23(2,3)18-9-11-24(12-10-18)21(31)29(22(32)27-24)16-20(30)26-19-8-5-4-7-17(19)15-28-14-6-13-25-28/h4-8,13-14,18H,9-12,15-16H2,1-3H3,(H,26,30)(H,27,32). The SMILES string of the molecule is CC(C)(C)C1CCC2(CC1)NC(=O)N(CC(=O)Nc1ccccc1Cn1cccn1)C2=O. The van der Waals surface area contributed by atoms with Crippen molar-refractivity contribution >= 4 is 23.5 Å². The molecule has 2 aromatic rings. The van der Waals surface area contributed by atoms with Crippen molar-refractivity contribution in [2.24, 2.45) is 11.3 Å². The number of anilines is 1. The second kappa shape index (κ2) is 8.41. The van der Waals surface area contributed by atoms with Crippen LogP contribution in [0, 0.1) is 11.3 Å². The molecular weight excluding hydrogens is 406 g/mol. The molecule has 1 spiro atoms. The van der Waals surface area contributed by atoms with Crippen LogP contribution in [-0.4, -0.2) is 44.6 Å². The van der Waals surface area contributed by atoms with E-state index in [2.05, 4.69) is 36.5 Å². The summed E-state index contributed by atoms with van der Waals surface area (Å²) in [5.74, 6) is -0.168. The van der Waals surface area contributed by atoms with Crippen LogP contribution in [0.1, 0.15) is 52.0 Å². The minimum atomic E-state index is -0.864. The van der Waals surface area contributed by atoms with Crippen LogP contribution in [-0.2, 0) is 16.1 Å². The number of amides is 4. The van der Waals surface area contributed by atoms with Gasteiger partial charge in [0.05, 0.1) is 6.54 Å². The molecule has 1 aromatic heterocycles. The fourth-order valence-electron chi connectivity index (χ4n) is 4.82. The molecule has 2 heterocycles. The molecule has 2 aliphatic rings. The second-order valence-corrected chi connectivity index (χ2v) is 9.95. The van der Waals surface area contributed by atoms with Crippen LogP contribution < -0.4 is 10.6 Å². The lowest BCUT2D eigenvalue weighted by Gasteiger charge is -2.40. The average molecular weight is 438 g/mol. The first kappa shape index (κ1) is 22.0. The van der Waals surface area contributed by atoms with Crippen LogP contribution in [0.2, 0.25) is 0 Å². The molecular formula is C24H31N5O3. The van der Waals surface area contributed by atoms with E-state index in [1.807, 2.05) is 30.5 Å². The molecule has 4 rings (SSSR count). The summed E-state index contributed by atoms with van der Waals surface area (Å²) in [5, 5.41) is 9.95. The number of nitrogens with zero attached hydrogens (tertiary/aromatic N) is 3. The number of carbonyl (C=O) groups is 3. The maximum absolute atomic E-state index is 13.2. The zero-order valence-corrected chi connectivity index (χ0v) is 18.9. The Hall–Kier alpha value is -3.16. The fourth-order valence-corrected chi connectivity index (χ4v) is 4.82. The quantitative estimate of drug-likeness (QED) is 0.701. The van der Waals surface area contributed by atoms with Crippen molar-refractivity contribution in [1.29, 1.82) is 0 Å². The van der Waals surface area contributed by atoms with E-state index in [4.69, 9.17) is 0 Å². The molecule has 2 fully saturated rings. The third-order valence-electron chi connectivity index (χ3n) is 6.79. The van der Waals surface area contributed by atoms with Gasteiger partial charge in [0, 0.05) is 18.1 Å². The van der Waals surface area contributed by atoms with Gasteiger partial charge in [-0.2, -0.15) is 5.10 Å². The van der Waals surface area contributed by atoms with Crippen molar-refractivity contribution in [3.05, 3.63) is 48.3 Å². The van der Waals surface area contributed by atoms with Gasteiger partial charge in [-0.25, -0.2) is 4.79 Å². The molecule has 1 saturated carbocycles. The van der Waals surface area contributed by atoms with Gasteiger partial charge < -0.3 is 10.6 Å². The highest BCUT2D eigenvalue weighted by Crippen LogP contribution is 2.43. The number of para-hydroxylation sites is 1. The molecule has 8 nitrogen and oxygen atoms in total. The molecule has 2 N–H and O–H groups in total. The number of carbonyl (C=O) groups excluding carboxylic acids is 3. The maximum atomic E-state index is 13.2. The highest BCUT2D eigenvalue weighted by Gasteiger charge is 2.53. The maximum Gasteiger partial charge on any atom is 0.325 e. The minimum absolute atomic E-state index is 0.177. The number of urea groups is 1. The fraction of sp³-hybridized carbons (Fsp3) is 0.500. The Morgan fingerprint density at radius 2 is 1.91 bits per heavy atom. The van der Waals surface area contributed by atoms with Crippen molar-refractivity contribution in [2.75, 3.05) is 11.9 Å². The number of imide groups is 1. The molecule has 1 aliphatic carbocycles. The number of hydrogen-bond acceptors (Lipinski definition) is 4. The lowest BCUT2D eigenvalue weighted by atomic mass is 9.67. The highest BCUT2D eigenvalue weighted by molar-refractivity contribution is 6.10. The summed E-state index contributed by atoms with van der Waals surface area (Å²) in [4.78, 5) is 39.6. The molecule has 170 valence electrons. The smallest absolute Gasteiger partial charge is 0.324 e. The number of hydrogen-bond donors (Lipinski definition) is 2. The molecule has 0 bridgehead atoms. The van der Waals surface area contributed by atoms with E-state index in [1.54, 1.807) is 16.9 Å². The number of nitrogens with one attached hydrogen (secondary N) is 2. The summed E-state index contributed by atoms with van der Waals surface area (Å²) >= 11 is 0. The monoisotopic (exact) mass is 437 g/mol.